The van der Waals surface area contributed by atoms with E-state index in [4.69, 9.17) is 27.9 Å². The molecule has 0 bridgehead atoms. The van der Waals surface area contributed by atoms with Gasteiger partial charge in [-0.05, 0) is 32.4 Å². The lowest BCUT2D eigenvalue weighted by Gasteiger charge is -2.10. The summed E-state index contributed by atoms with van der Waals surface area (Å²) in [5, 5.41) is 0.381. The molecule has 1 aromatic heterocycles. The SMILES string of the molecule is CCOC(=O)CCCn1c(C(C)Cl)nc2c(Cl)cccc21. The van der Waals surface area contributed by atoms with Crippen LogP contribution < -0.4 is 0 Å². The maximum Gasteiger partial charge on any atom is 0.305 e. The van der Waals surface area contributed by atoms with Gasteiger partial charge in [-0.3, -0.25) is 4.79 Å². The molecule has 0 saturated heterocycles. The van der Waals surface area contributed by atoms with Gasteiger partial charge in [0.05, 0.1) is 22.5 Å². The lowest BCUT2D eigenvalue weighted by atomic mass is 10.2. The van der Waals surface area contributed by atoms with Gasteiger partial charge in [0, 0.05) is 13.0 Å². The minimum Gasteiger partial charge on any atom is -0.466 e. The van der Waals surface area contributed by atoms with Crippen LogP contribution in [0.4, 0.5) is 0 Å². The van der Waals surface area contributed by atoms with Crippen molar-refractivity contribution in [2.75, 3.05) is 6.61 Å². The fourth-order valence-electron chi connectivity index (χ4n) is 2.28. The standard InChI is InChI=1S/C15H18Cl2N2O2/c1-3-21-13(20)8-5-9-19-12-7-4-6-11(17)14(12)18-15(19)10(2)16/h4,6-7,10H,3,5,8-9H2,1-2H3. The van der Waals surface area contributed by atoms with Crippen LogP contribution in [0.2, 0.25) is 5.02 Å². The second kappa shape index (κ2) is 7.14. The number of nitrogens with zero attached hydrogens (tertiary/aromatic N) is 2. The van der Waals surface area contributed by atoms with Gasteiger partial charge in [-0.1, -0.05) is 17.7 Å². The van der Waals surface area contributed by atoms with Gasteiger partial charge in [-0.25, -0.2) is 4.98 Å². The highest BCUT2D eigenvalue weighted by Crippen LogP contribution is 2.29. The Morgan fingerprint density at radius 3 is 2.90 bits per heavy atom. The van der Waals surface area contributed by atoms with E-state index in [-0.39, 0.29) is 11.3 Å². The van der Waals surface area contributed by atoms with E-state index in [9.17, 15) is 4.79 Å². The van der Waals surface area contributed by atoms with Crippen molar-refractivity contribution in [2.24, 2.45) is 0 Å². The molecule has 0 aliphatic rings. The second-order valence-electron chi connectivity index (χ2n) is 4.75. The zero-order valence-corrected chi connectivity index (χ0v) is 13.6. The van der Waals surface area contributed by atoms with Gasteiger partial charge in [0.2, 0.25) is 0 Å². The largest absolute Gasteiger partial charge is 0.466 e. The predicted octanol–water partition coefficient (Wildman–Crippen LogP) is 4.33. The molecule has 1 atom stereocenters. The van der Waals surface area contributed by atoms with Crippen LogP contribution in [-0.4, -0.2) is 22.1 Å². The third-order valence-corrected chi connectivity index (χ3v) is 3.68. The average molecular weight is 329 g/mol. The fourth-order valence-corrected chi connectivity index (χ4v) is 2.66. The zero-order valence-electron chi connectivity index (χ0n) is 12.1. The zero-order chi connectivity index (χ0) is 15.4. The van der Waals surface area contributed by atoms with E-state index >= 15 is 0 Å². The highest BCUT2D eigenvalue weighted by Gasteiger charge is 2.16. The Morgan fingerprint density at radius 2 is 2.24 bits per heavy atom. The number of rotatable bonds is 6. The number of fused-ring (bicyclic) bond motifs is 1. The molecular weight excluding hydrogens is 311 g/mol. The van der Waals surface area contributed by atoms with Gasteiger partial charge in [-0.15, -0.1) is 11.6 Å². The molecule has 2 rings (SSSR count). The summed E-state index contributed by atoms with van der Waals surface area (Å²) < 4.78 is 6.96. The fraction of sp³-hybridized carbons (Fsp3) is 0.467. The van der Waals surface area contributed by atoms with Crippen molar-refractivity contribution < 1.29 is 9.53 Å². The lowest BCUT2D eigenvalue weighted by molar-refractivity contribution is -0.143. The average Bonchev–Trinajstić information content (AvgIpc) is 2.80. The molecule has 0 aliphatic carbocycles. The number of carbonyl (C=O) groups excluding carboxylic acids is 1. The van der Waals surface area contributed by atoms with Gasteiger partial charge in [0.15, 0.2) is 0 Å². The van der Waals surface area contributed by atoms with E-state index in [1.54, 1.807) is 6.92 Å². The number of alkyl halides is 1. The molecule has 2 aromatic rings. The molecule has 1 aromatic carbocycles. The monoisotopic (exact) mass is 328 g/mol. The van der Waals surface area contributed by atoms with Crippen molar-refractivity contribution in [3.8, 4) is 0 Å². The highest BCUT2D eigenvalue weighted by atomic mass is 35.5. The number of esters is 1. The van der Waals surface area contributed by atoms with Crippen molar-refractivity contribution in [3.63, 3.8) is 0 Å². The first-order chi connectivity index (χ1) is 10.0. The molecule has 0 radical (unpaired) electrons. The summed E-state index contributed by atoms with van der Waals surface area (Å²) in [4.78, 5) is 15.9. The third kappa shape index (κ3) is 3.69. The van der Waals surface area contributed by atoms with Gasteiger partial charge < -0.3 is 9.30 Å². The van der Waals surface area contributed by atoms with Gasteiger partial charge in [0.25, 0.3) is 0 Å². The number of halogens is 2. The number of carbonyl (C=O) groups is 1. The Kier molecular flexibility index (Phi) is 5.48. The normalized spacial score (nSPS) is 12.6. The van der Waals surface area contributed by atoms with Crippen molar-refractivity contribution >= 4 is 40.2 Å². The topological polar surface area (TPSA) is 44.1 Å². The number of aryl methyl sites for hydroxylation is 1. The molecule has 0 fully saturated rings. The van der Waals surface area contributed by atoms with Crippen LogP contribution in [0.15, 0.2) is 18.2 Å². The number of imidazole rings is 1. The number of ether oxygens (including phenoxy) is 1. The molecule has 0 spiro atoms. The maximum absolute atomic E-state index is 11.4. The number of benzene rings is 1. The molecule has 1 heterocycles. The molecule has 21 heavy (non-hydrogen) atoms. The summed E-state index contributed by atoms with van der Waals surface area (Å²) in [6, 6.07) is 5.65. The van der Waals surface area contributed by atoms with Gasteiger partial charge >= 0.3 is 5.97 Å². The first-order valence-corrected chi connectivity index (χ1v) is 7.80. The number of hydrogen-bond acceptors (Lipinski definition) is 3. The lowest BCUT2D eigenvalue weighted by Crippen LogP contribution is -2.08. The van der Waals surface area contributed by atoms with Crippen LogP contribution in [0.5, 0.6) is 0 Å². The van der Waals surface area contributed by atoms with E-state index in [0.717, 1.165) is 16.9 Å². The van der Waals surface area contributed by atoms with Crippen LogP contribution in [0.25, 0.3) is 11.0 Å². The van der Waals surface area contributed by atoms with Crippen molar-refractivity contribution in [1.29, 1.82) is 0 Å². The Balaban J connectivity index is 2.23. The van der Waals surface area contributed by atoms with Crippen molar-refractivity contribution in [2.45, 2.75) is 38.6 Å². The minimum atomic E-state index is -0.226. The highest BCUT2D eigenvalue weighted by molar-refractivity contribution is 6.35. The quantitative estimate of drug-likeness (QED) is 0.585. The van der Waals surface area contributed by atoms with Crippen LogP contribution in [0, 0.1) is 0 Å². The minimum absolute atomic E-state index is 0.180. The van der Waals surface area contributed by atoms with Gasteiger partial charge in [-0.2, -0.15) is 0 Å². The molecular formula is C15H18Cl2N2O2. The first kappa shape index (κ1) is 16.1. The summed E-state index contributed by atoms with van der Waals surface area (Å²) in [6.45, 7) is 4.74. The van der Waals surface area contributed by atoms with Crippen molar-refractivity contribution in [3.05, 3.63) is 29.0 Å². The molecule has 0 amide bonds. The number of aromatic nitrogens is 2. The summed E-state index contributed by atoms with van der Waals surface area (Å²) >= 11 is 12.4. The van der Waals surface area contributed by atoms with Crippen LogP contribution in [0.3, 0.4) is 0 Å². The van der Waals surface area contributed by atoms with Crippen LogP contribution in [0.1, 0.15) is 37.9 Å². The molecule has 6 heteroatoms. The second-order valence-corrected chi connectivity index (χ2v) is 5.82. The summed E-state index contributed by atoms with van der Waals surface area (Å²) in [5.41, 5.74) is 1.69. The van der Waals surface area contributed by atoms with Crippen LogP contribution >= 0.6 is 23.2 Å². The molecule has 1 unspecified atom stereocenters. The Morgan fingerprint density at radius 1 is 1.48 bits per heavy atom. The summed E-state index contributed by atoms with van der Waals surface area (Å²) in [5.74, 6) is 0.587. The van der Waals surface area contributed by atoms with E-state index in [2.05, 4.69) is 4.98 Å². The number of hydrogen-bond donors (Lipinski definition) is 0. The first-order valence-electron chi connectivity index (χ1n) is 6.99. The van der Waals surface area contributed by atoms with Crippen LogP contribution in [-0.2, 0) is 16.1 Å². The molecule has 0 saturated carbocycles. The predicted molar refractivity (Wildman–Crippen MR) is 84.9 cm³/mol. The number of para-hydroxylation sites is 1. The maximum atomic E-state index is 11.4. The Labute approximate surface area is 134 Å². The molecule has 114 valence electrons. The molecule has 0 aliphatic heterocycles. The van der Waals surface area contributed by atoms with E-state index in [0.29, 0.717) is 31.0 Å². The van der Waals surface area contributed by atoms with Crippen molar-refractivity contribution in [1.82, 2.24) is 9.55 Å². The molecule has 0 N–H and O–H groups in total. The van der Waals surface area contributed by atoms with E-state index in [1.807, 2.05) is 29.7 Å². The third-order valence-electron chi connectivity index (χ3n) is 3.18. The van der Waals surface area contributed by atoms with Gasteiger partial charge in [0.1, 0.15) is 11.3 Å². The van der Waals surface area contributed by atoms with E-state index in [1.165, 1.54) is 0 Å². The Hall–Kier alpha value is -1.26. The summed E-state index contributed by atoms with van der Waals surface area (Å²) in [7, 11) is 0. The molecule has 4 nitrogen and oxygen atoms in total. The summed E-state index contributed by atoms with van der Waals surface area (Å²) in [6.07, 6.45) is 1.05. The van der Waals surface area contributed by atoms with E-state index < -0.39 is 0 Å². The smallest absolute Gasteiger partial charge is 0.305 e. The Bertz CT molecular complexity index is 638.